The molecule has 0 aromatic heterocycles. The average Bonchev–Trinajstić information content (AvgIpc) is 2.50. The number of rotatable bonds is 8. The summed E-state index contributed by atoms with van der Waals surface area (Å²) in [5, 5.41) is 5.23. The molecular formula is C14H20F4IN3O2. The fraction of sp³-hybridized carbons (Fsp3) is 0.500. The van der Waals surface area contributed by atoms with Crippen molar-refractivity contribution in [3.63, 3.8) is 0 Å². The molecule has 0 saturated heterocycles. The summed E-state index contributed by atoms with van der Waals surface area (Å²) in [5.41, 5.74) is 0.346. The van der Waals surface area contributed by atoms with Gasteiger partial charge in [-0.15, -0.1) is 24.0 Å². The number of nitrogens with one attached hydrogen (secondary N) is 2. The maximum Gasteiger partial charge on any atom is 0.387 e. The van der Waals surface area contributed by atoms with E-state index in [1.165, 1.54) is 25.3 Å². The van der Waals surface area contributed by atoms with Crippen LogP contribution in [0.15, 0.2) is 23.2 Å². The number of methoxy groups -OCH3 is 1. The van der Waals surface area contributed by atoms with E-state index in [-0.39, 0.29) is 42.2 Å². The first kappa shape index (κ1) is 22.5. The molecule has 1 rings (SSSR count). The SMILES string of the molecule is CCNC(=NCc1cc(OC)ccc1OC(F)F)NCC(F)F.I. The van der Waals surface area contributed by atoms with Crippen LogP contribution in [0.4, 0.5) is 17.6 Å². The standard InChI is InChI=1S/C14H19F4N3O2.HI/c1-3-19-14(21-8-12(15)16)20-7-9-6-10(22-2)4-5-11(9)23-13(17)18;/h4-6,12-13H,3,7-8H2,1-2H3,(H2,19,20,21);1H. The number of ether oxygens (including phenoxy) is 2. The Kier molecular flexibility index (Phi) is 11.3. The Morgan fingerprint density at radius 1 is 1.21 bits per heavy atom. The summed E-state index contributed by atoms with van der Waals surface area (Å²) >= 11 is 0. The summed E-state index contributed by atoms with van der Waals surface area (Å²) in [7, 11) is 1.43. The van der Waals surface area contributed by atoms with Crippen LogP contribution >= 0.6 is 24.0 Å². The van der Waals surface area contributed by atoms with Crippen LogP contribution in [-0.2, 0) is 6.54 Å². The second-order valence-corrected chi connectivity index (χ2v) is 4.32. The molecular weight excluding hydrogens is 445 g/mol. The highest BCUT2D eigenvalue weighted by atomic mass is 127. The third-order valence-corrected chi connectivity index (χ3v) is 2.66. The zero-order chi connectivity index (χ0) is 17.2. The van der Waals surface area contributed by atoms with E-state index in [9.17, 15) is 17.6 Å². The molecule has 1 aromatic rings. The zero-order valence-electron chi connectivity index (χ0n) is 13.2. The molecule has 0 aliphatic heterocycles. The Hall–Kier alpha value is -1.46. The van der Waals surface area contributed by atoms with Crippen LogP contribution in [-0.4, -0.2) is 39.2 Å². The van der Waals surface area contributed by atoms with Crippen molar-refractivity contribution in [1.82, 2.24) is 10.6 Å². The molecule has 0 aliphatic carbocycles. The minimum absolute atomic E-state index is 0. The first-order valence-electron chi connectivity index (χ1n) is 6.88. The summed E-state index contributed by atoms with van der Waals surface area (Å²) in [6.07, 6.45) is -2.53. The molecule has 0 fully saturated rings. The Morgan fingerprint density at radius 2 is 1.92 bits per heavy atom. The monoisotopic (exact) mass is 465 g/mol. The van der Waals surface area contributed by atoms with E-state index in [2.05, 4.69) is 20.4 Å². The van der Waals surface area contributed by atoms with E-state index < -0.39 is 19.6 Å². The van der Waals surface area contributed by atoms with Crippen LogP contribution in [0.3, 0.4) is 0 Å². The number of hydrogen-bond acceptors (Lipinski definition) is 3. The smallest absolute Gasteiger partial charge is 0.387 e. The van der Waals surface area contributed by atoms with Gasteiger partial charge in [-0.1, -0.05) is 0 Å². The van der Waals surface area contributed by atoms with Gasteiger partial charge in [-0.25, -0.2) is 13.8 Å². The summed E-state index contributed by atoms with van der Waals surface area (Å²) in [6.45, 7) is -1.34. The highest BCUT2D eigenvalue weighted by Gasteiger charge is 2.11. The Bertz CT molecular complexity index is 519. The number of aliphatic imine (C=N–C) groups is 1. The van der Waals surface area contributed by atoms with Gasteiger partial charge in [0.2, 0.25) is 0 Å². The second kappa shape index (κ2) is 12.0. The van der Waals surface area contributed by atoms with E-state index >= 15 is 0 Å². The third kappa shape index (κ3) is 8.41. The van der Waals surface area contributed by atoms with Crippen LogP contribution < -0.4 is 20.1 Å². The predicted octanol–water partition coefficient (Wildman–Crippen LogP) is 3.23. The van der Waals surface area contributed by atoms with Gasteiger partial charge >= 0.3 is 6.61 Å². The van der Waals surface area contributed by atoms with Gasteiger partial charge in [0.25, 0.3) is 6.43 Å². The van der Waals surface area contributed by atoms with Gasteiger partial charge in [0.1, 0.15) is 11.5 Å². The van der Waals surface area contributed by atoms with E-state index in [0.29, 0.717) is 17.9 Å². The highest BCUT2D eigenvalue weighted by molar-refractivity contribution is 14.0. The Morgan fingerprint density at radius 3 is 2.46 bits per heavy atom. The molecule has 0 aliphatic rings. The van der Waals surface area contributed by atoms with Gasteiger partial charge in [0.05, 0.1) is 20.2 Å². The minimum atomic E-state index is -2.98. The number of benzene rings is 1. The number of guanidine groups is 1. The zero-order valence-corrected chi connectivity index (χ0v) is 15.5. The van der Waals surface area contributed by atoms with Crippen molar-refractivity contribution in [3.05, 3.63) is 23.8 Å². The number of alkyl halides is 4. The Labute approximate surface area is 154 Å². The van der Waals surface area contributed by atoms with E-state index in [0.717, 1.165) is 0 Å². The van der Waals surface area contributed by atoms with Crippen molar-refractivity contribution in [2.45, 2.75) is 26.5 Å². The first-order chi connectivity index (χ1) is 11.0. The maximum atomic E-state index is 12.4. The van der Waals surface area contributed by atoms with Crippen LogP contribution in [0, 0.1) is 0 Å². The van der Waals surface area contributed by atoms with Crippen molar-refractivity contribution < 1.29 is 27.0 Å². The van der Waals surface area contributed by atoms with Gasteiger partial charge < -0.3 is 20.1 Å². The molecule has 138 valence electrons. The van der Waals surface area contributed by atoms with Gasteiger partial charge in [-0.2, -0.15) is 8.78 Å². The quantitative estimate of drug-likeness (QED) is 0.268. The Balaban J connectivity index is 0.00000529. The fourth-order valence-electron chi connectivity index (χ4n) is 1.70. The fourth-order valence-corrected chi connectivity index (χ4v) is 1.70. The summed E-state index contributed by atoms with van der Waals surface area (Å²) in [4.78, 5) is 4.08. The van der Waals surface area contributed by atoms with Crippen LogP contribution in [0.1, 0.15) is 12.5 Å². The first-order valence-corrected chi connectivity index (χ1v) is 6.88. The molecule has 10 heteroatoms. The minimum Gasteiger partial charge on any atom is -0.497 e. The normalized spacial score (nSPS) is 11.2. The maximum absolute atomic E-state index is 12.4. The van der Waals surface area contributed by atoms with E-state index in [4.69, 9.17) is 4.74 Å². The van der Waals surface area contributed by atoms with Gasteiger partial charge in [0, 0.05) is 12.1 Å². The molecule has 0 heterocycles. The lowest BCUT2D eigenvalue weighted by Gasteiger charge is -2.13. The summed E-state index contributed by atoms with van der Waals surface area (Å²) < 4.78 is 58.8. The molecule has 2 N–H and O–H groups in total. The number of halogens is 5. The molecule has 1 aromatic carbocycles. The summed E-state index contributed by atoms with van der Waals surface area (Å²) in [6, 6.07) is 4.32. The van der Waals surface area contributed by atoms with Crippen molar-refractivity contribution in [3.8, 4) is 11.5 Å². The van der Waals surface area contributed by atoms with Crippen molar-refractivity contribution in [2.24, 2.45) is 4.99 Å². The topological polar surface area (TPSA) is 54.9 Å². The van der Waals surface area contributed by atoms with Gasteiger partial charge in [0.15, 0.2) is 5.96 Å². The molecule has 0 radical (unpaired) electrons. The molecule has 0 spiro atoms. The number of nitrogens with zero attached hydrogens (tertiary/aromatic N) is 1. The molecule has 0 atom stereocenters. The lowest BCUT2D eigenvalue weighted by atomic mass is 10.2. The average molecular weight is 465 g/mol. The lowest BCUT2D eigenvalue weighted by molar-refractivity contribution is -0.0504. The van der Waals surface area contributed by atoms with Crippen LogP contribution in [0.25, 0.3) is 0 Å². The largest absolute Gasteiger partial charge is 0.497 e. The molecule has 24 heavy (non-hydrogen) atoms. The van der Waals surface area contributed by atoms with Gasteiger partial charge in [-0.05, 0) is 25.1 Å². The molecule has 0 amide bonds. The van der Waals surface area contributed by atoms with E-state index in [1.807, 2.05) is 0 Å². The van der Waals surface area contributed by atoms with Gasteiger partial charge in [-0.3, -0.25) is 0 Å². The van der Waals surface area contributed by atoms with Crippen molar-refractivity contribution in [2.75, 3.05) is 20.2 Å². The highest BCUT2D eigenvalue weighted by Crippen LogP contribution is 2.26. The summed E-state index contributed by atoms with van der Waals surface area (Å²) in [5.74, 6) is 0.551. The molecule has 0 unspecified atom stereocenters. The van der Waals surface area contributed by atoms with Crippen molar-refractivity contribution in [1.29, 1.82) is 0 Å². The predicted molar refractivity (Wildman–Crippen MR) is 93.9 cm³/mol. The molecule has 5 nitrogen and oxygen atoms in total. The second-order valence-electron chi connectivity index (χ2n) is 4.32. The van der Waals surface area contributed by atoms with Crippen LogP contribution in [0.5, 0.6) is 11.5 Å². The number of hydrogen-bond donors (Lipinski definition) is 2. The van der Waals surface area contributed by atoms with E-state index in [1.54, 1.807) is 6.92 Å². The molecule has 0 saturated carbocycles. The van der Waals surface area contributed by atoms with Crippen LogP contribution in [0.2, 0.25) is 0 Å². The third-order valence-electron chi connectivity index (χ3n) is 2.66. The molecule has 0 bridgehead atoms. The lowest BCUT2D eigenvalue weighted by Crippen LogP contribution is -2.39. The van der Waals surface area contributed by atoms with Crippen molar-refractivity contribution >= 4 is 29.9 Å².